The van der Waals surface area contributed by atoms with E-state index < -0.39 is 10.0 Å². The Balaban J connectivity index is 1.53. The summed E-state index contributed by atoms with van der Waals surface area (Å²) in [5.74, 6) is 0.221. The van der Waals surface area contributed by atoms with Gasteiger partial charge in [0.15, 0.2) is 5.82 Å². The maximum atomic E-state index is 13.0. The number of carbonyl (C=O) groups excluding carboxylic acids is 1. The average molecular weight is 448 g/mol. The van der Waals surface area contributed by atoms with Gasteiger partial charge in [0.1, 0.15) is 0 Å². The summed E-state index contributed by atoms with van der Waals surface area (Å²) in [4.78, 5) is 17.1. The molecule has 32 heavy (non-hydrogen) atoms. The lowest BCUT2D eigenvalue weighted by molar-refractivity contribution is 0.0950. The van der Waals surface area contributed by atoms with E-state index in [4.69, 9.17) is 0 Å². The fourth-order valence-corrected chi connectivity index (χ4v) is 4.42. The van der Waals surface area contributed by atoms with Crippen LogP contribution in [0, 0.1) is 0 Å². The fourth-order valence-electron chi connectivity index (χ4n) is 3.18. The third-order valence-electron chi connectivity index (χ3n) is 4.90. The van der Waals surface area contributed by atoms with E-state index in [9.17, 15) is 13.2 Å². The molecule has 0 radical (unpaired) electrons. The van der Waals surface area contributed by atoms with Crippen LogP contribution in [-0.4, -0.2) is 36.1 Å². The van der Waals surface area contributed by atoms with E-state index in [0.717, 1.165) is 5.56 Å². The normalized spacial score (nSPS) is 11.2. The standard InChI is InChI=1S/C23H21N5O3S/c1-27(20-10-3-2-4-11-20)32(30,31)21-12-5-8-18(16-21)23(29)25-17-19-9-6-13-24-22(19)28-15-7-14-26-28/h2-16H,17H2,1H3,(H,25,29). The molecule has 4 rings (SSSR count). The van der Waals surface area contributed by atoms with Crippen LogP contribution in [0.15, 0.2) is 96.3 Å². The SMILES string of the molecule is CN(c1ccccc1)S(=O)(=O)c1cccc(C(=O)NCc2cccnc2-n2cccn2)c1. The van der Waals surface area contributed by atoms with Gasteiger partial charge in [0.2, 0.25) is 0 Å². The van der Waals surface area contributed by atoms with Crippen molar-refractivity contribution in [2.45, 2.75) is 11.4 Å². The molecule has 9 heteroatoms. The first-order chi connectivity index (χ1) is 15.5. The van der Waals surface area contributed by atoms with Crippen molar-refractivity contribution in [1.29, 1.82) is 0 Å². The summed E-state index contributed by atoms with van der Waals surface area (Å²) >= 11 is 0. The van der Waals surface area contributed by atoms with Gasteiger partial charge in [0, 0.05) is 43.3 Å². The Morgan fingerprint density at radius 2 is 1.81 bits per heavy atom. The van der Waals surface area contributed by atoms with Crippen molar-refractivity contribution in [2.75, 3.05) is 11.4 Å². The molecule has 0 aliphatic carbocycles. The van der Waals surface area contributed by atoms with Crippen LogP contribution >= 0.6 is 0 Å². The number of hydrogen-bond donors (Lipinski definition) is 1. The average Bonchev–Trinajstić information content (AvgIpc) is 3.37. The molecule has 0 bridgehead atoms. The molecule has 1 amide bonds. The van der Waals surface area contributed by atoms with E-state index in [0.29, 0.717) is 11.5 Å². The van der Waals surface area contributed by atoms with Crippen LogP contribution in [0.2, 0.25) is 0 Å². The Kier molecular flexibility index (Phi) is 6.00. The summed E-state index contributed by atoms with van der Waals surface area (Å²) in [5, 5.41) is 7.01. The van der Waals surface area contributed by atoms with E-state index in [1.807, 2.05) is 12.1 Å². The van der Waals surface area contributed by atoms with Gasteiger partial charge in [0.05, 0.1) is 10.6 Å². The zero-order chi connectivity index (χ0) is 22.6. The number of nitrogens with zero attached hydrogens (tertiary/aromatic N) is 4. The molecule has 0 saturated carbocycles. The van der Waals surface area contributed by atoms with Crippen LogP contribution in [0.25, 0.3) is 5.82 Å². The van der Waals surface area contributed by atoms with Crippen molar-refractivity contribution in [3.63, 3.8) is 0 Å². The van der Waals surface area contributed by atoms with Gasteiger partial charge in [-0.15, -0.1) is 0 Å². The lowest BCUT2D eigenvalue weighted by Crippen LogP contribution is -2.27. The highest BCUT2D eigenvalue weighted by Gasteiger charge is 2.22. The van der Waals surface area contributed by atoms with E-state index >= 15 is 0 Å². The molecular formula is C23H21N5O3S. The Morgan fingerprint density at radius 1 is 1.00 bits per heavy atom. The molecule has 8 nitrogen and oxygen atoms in total. The zero-order valence-corrected chi connectivity index (χ0v) is 18.1. The first-order valence-electron chi connectivity index (χ1n) is 9.83. The maximum Gasteiger partial charge on any atom is 0.264 e. The fraction of sp³-hybridized carbons (Fsp3) is 0.0870. The lowest BCUT2D eigenvalue weighted by atomic mass is 10.2. The van der Waals surface area contributed by atoms with Crippen LogP contribution in [0.5, 0.6) is 0 Å². The number of nitrogens with one attached hydrogen (secondary N) is 1. The van der Waals surface area contributed by atoms with Gasteiger partial charge in [-0.25, -0.2) is 18.1 Å². The van der Waals surface area contributed by atoms with Crippen molar-refractivity contribution >= 4 is 21.6 Å². The van der Waals surface area contributed by atoms with Gasteiger partial charge in [0.25, 0.3) is 15.9 Å². The minimum atomic E-state index is -3.82. The van der Waals surface area contributed by atoms with Crippen LogP contribution in [-0.2, 0) is 16.6 Å². The summed E-state index contributed by atoms with van der Waals surface area (Å²) in [6, 6.07) is 20.2. The van der Waals surface area contributed by atoms with Gasteiger partial charge in [-0.2, -0.15) is 5.10 Å². The third kappa shape index (κ3) is 4.37. The second kappa shape index (κ2) is 9.03. The minimum absolute atomic E-state index is 0.0371. The van der Waals surface area contributed by atoms with Crippen molar-refractivity contribution in [3.05, 3.63) is 103 Å². The molecule has 162 valence electrons. The van der Waals surface area contributed by atoms with E-state index in [1.54, 1.807) is 71.8 Å². The Labute approximate surface area is 186 Å². The molecule has 0 fully saturated rings. The summed E-state index contributed by atoms with van der Waals surface area (Å²) in [6.07, 6.45) is 5.07. The number of amides is 1. The number of benzene rings is 2. The molecule has 0 aliphatic rings. The predicted octanol–water partition coefficient (Wildman–Crippen LogP) is 3.02. The first-order valence-corrected chi connectivity index (χ1v) is 11.3. The first kappa shape index (κ1) is 21.3. The number of sulfonamides is 1. The van der Waals surface area contributed by atoms with Gasteiger partial charge in [-0.3, -0.25) is 9.10 Å². The smallest absolute Gasteiger partial charge is 0.264 e. The largest absolute Gasteiger partial charge is 0.348 e. The highest BCUT2D eigenvalue weighted by molar-refractivity contribution is 7.92. The van der Waals surface area contributed by atoms with Crippen molar-refractivity contribution < 1.29 is 13.2 Å². The molecule has 2 aromatic heterocycles. The topological polar surface area (TPSA) is 97.2 Å². The molecule has 0 spiro atoms. The molecule has 2 aromatic carbocycles. The molecule has 0 atom stereocenters. The number of rotatable bonds is 7. The number of hydrogen-bond acceptors (Lipinski definition) is 5. The van der Waals surface area contributed by atoms with Crippen LogP contribution in [0.1, 0.15) is 15.9 Å². The number of anilines is 1. The Hall–Kier alpha value is -3.98. The van der Waals surface area contributed by atoms with Gasteiger partial charge < -0.3 is 5.32 Å². The number of carbonyl (C=O) groups is 1. The van der Waals surface area contributed by atoms with Crippen LogP contribution in [0.4, 0.5) is 5.69 Å². The van der Waals surface area contributed by atoms with E-state index in [-0.39, 0.29) is 22.9 Å². The molecule has 1 N–H and O–H groups in total. The van der Waals surface area contributed by atoms with Crippen molar-refractivity contribution in [2.24, 2.45) is 0 Å². The maximum absolute atomic E-state index is 13.0. The summed E-state index contributed by atoms with van der Waals surface area (Å²) in [7, 11) is -2.34. The highest BCUT2D eigenvalue weighted by atomic mass is 32.2. The van der Waals surface area contributed by atoms with Gasteiger partial charge in [-0.1, -0.05) is 30.3 Å². The summed E-state index contributed by atoms with van der Waals surface area (Å²) in [5.41, 5.74) is 1.55. The number of aromatic nitrogens is 3. The van der Waals surface area contributed by atoms with Crippen LogP contribution in [0.3, 0.4) is 0 Å². The highest BCUT2D eigenvalue weighted by Crippen LogP contribution is 2.22. The Bertz CT molecular complexity index is 1320. The van der Waals surface area contributed by atoms with Crippen LogP contribution < -0.4 is 9.62 Å². The van der Waals surface area contributed by atoms with Crippen molar-refractivity contribution in [1.82, 2.24) is 20.1 Å². The molecule has 0 unspecified atom stereocenters. The predicted molar refractivity (Wildman–Crippen MR) is 121 cm³/mol. The quantitative estimate of drug-likeness (QED) is 0.470. The lowest BCUT2D eigenvalue weighted by Gasteiger charge is -2.19. The van der Waals surface area contributed by atoms with E-state index in [2.05, 4.69) is 15.4 Å². The Morgan fingerprint density at radius 3 is 2.56 bits per heavy atom. The van der Waals surface area contributed by atoms with Crippen molar-refractivity contribution in [3.8, 4) is 5.82 Å². The number of para-hydroxylation sites is 1. The summed E-state index contributed by atoms with van der Waals surface area (Å²) in [6.45, 7) is 0.211. The minimum Gasteiger partial charge on any atom is -0.348 e. The van der Waals surface area contributed by atoms with Gasteiger partial charge >= 0.3 is 0 Å². The summed E-state index contributed by atoms with van der Waals surface area (Å²) < 4.78 is 28.9. The second-order valence-corrected chi connectivity index (χ2v) is 8.92. The zero-order valence-electron chi connectivity index (χ0n) is 17.3. The number of pyridine rings is 1. The molecule has 2 heterocycles. The van der Waals surface area contributed by atoms with E-state index in [1.165, 1.54) is 23.5 Å². The van der Waals surface area contributed by atoms with Gasteiger partial charge in [-0.05, 0) is 42.5 Å². The molecule has 4 aromatic rings. The molecule has 0 saturated heterocycles. The third-order valence-corrected chi connectivity index (χ3v) is 6.68. The molecular weight excluding hydrogens is 426 g/mol. The monoisotopic (exact) mass is 447 g/mol. The molecule has 0 aliphatic heterocycles. The second-order valence-electron chi connectivity index (χ2n) is 6.96.